The number of carbonyl (C=O) groups is 3. The Morgan fingerprint density at radius 2 is 1.38 bits per heavy atom. The topological polar surface area (TPSA) is 246 Å². The van der Waals surface area contributed by atoms with Crippen LogP contribution in [0.25, 0.3) is 10.9 Å². The van der Waals surface area contributed by atoms with Gasteiger partial charge in [-0.05, 0) is 59.3 Å². The van der Waals surface area contributed by atoms with Crippen LogP contribution in [0.1, 0.15) is 110 Å². The van der Waals surface area contributed by atoms with Crippen molar-refractivity contribution in [3.05, 3.63) is 34.5 Å². The lowest BCUT2D eigenvalue weighted by molar-refractivity contribution is -0.130. The number of nitrogens with two attached hydrogens (primary N) is 5. The van der Waals surface area contributed by atoms with E-state index in [9.17, 15) is 14.4 Å². The number of hydrogen-bond donors (Lipinski definition) is 8. The highest BCUT2D eigenvalue weighted by Crippen LogP contribution is 2.40. The number of amides is 2. The van der Waals surface area contributed by atoms with Crippen LogP contribution < -0.4 is 39.3 Å². The molecule has 13 heteroatoms. The summed E-state index contributed by atoms with van der Waals surface area (Å²) in [5.41, 5.74) is 32.5. The first kappa shape index (κ1) is 40.0. The molecule has 0 aliphatic carbocycles. The predicted molar refractivity (Wildman–Crippen MR) is 196 cm³/mol. The number of H-pyrrole nitrogens is 1. The molecule has 13 nitrogen and oxygen atoms in total. The van der Waals surface area contributed by atoms with Gasteiger partial charge in [-0.1, -0.05) is 68.4 Å². The molecule has 1 aromatic carbocycles. The normalized spacial score (nSPS) is 14.1. The smallest absolute Gasteiger partial charge is 0.243 e. The largest absolute Gasteiger partial charge is 0.370 e. The lowest BCUT2D eigenvalue weighted by Crippen LogP contribution is -2.54. The Morgan fingerprint density at radius 1 is 0.812 bits per heavy atom. The van der Waals surface area contributed by atoms with Gasteiger partial charge in [0.15, 0.2) is 11.9 Å². The Balaban J connectivity index is 2.64. The molecule has 0 fully saturated rings. The molecule has 2 aromatic rings. The van der Waals surface area contributed by atoms with E-state index in [-0.39, 0.29) is 34.6 Å². The first-order valence-electron chi connectivity index (χ1n) is 16.7. The van der Waals surface area contributed by atoms with E-state index in [4.69, 9.17) is 28.7 Å². The van der Waals surface area contributed by atoms with Crippen LogP contribution in [-0.4, -0.2) is 66.2 Å². The molecule has 2 rings (SSSR count). The van der Waals surface area contributed by atoms with Crippen molar-refractivity contribution in [2.24, 2.45) is 38.7 Å². The fourth-order valence-corrected chi connectivity index (χ4v) is 5.55. The van der Waals surface area contributed by atoms with Gasteiger partial charge >= 0.3 is 0 Å². The molecule has 13 N–H and O–H groups in total. The molecule has 3 atom stereocenters. The average Bonchev–Trinajstić information content (AvgIpc) is 3.33. The molecule has 0 aliphatic heterocycles. The van der Waals surface area contributed by atoms with E-state index < -0.39 is 29.9 Å². The van der Waals surface area contributed by atoms with Crippen molar-refractivity contribution in [1.29, 1.82) is 0 Å². The summed E-state index contributed by atoms with van der Waals surface area (Å²) >= 11 is 0. The number of aromatic nitrogens is 1. The maximum absolute atomic E-state index is 14.0. The SMILES string of the molecule is CC(C)(C)c1cc(C(C)(C)C)c2[nH]c(C(C)(C)C)c(C[C@H](NC(=O)[C@@H](N)CCCN=C(N)N)C(=O)N[C@H](C=O)CCCN=C(N)N)c2c1. The van der Waals surface area contributed by atoms with E-state index in [0.29, 0.717) is 45.1 Å². The number of nitrogens with zero attached hydrogens (tertiary/aromatic N) is 2. The van der Waals surface area contributed by atoms with E-state index in [2.05, 4.69) is 100 Å². The third-order valence-corrected chi connectivity index (χ3v) is 8.24. The number of aldehydes is 1. The fourth-order valence-electron chi connectivity index (χ4n) is 5.55. The molecule has 0 saturated carbocycles. The Morgan fingerprint density at radius 3 is 1.85 bits per heavy atom. The van der Waals surface area contributed by atoms with Gasteiger partial charge in [0.25, 0.3) is 0 Å². The van der Waals surface area contributed by atoms with E-state index in [1.54, 1.807) is 0 Å². The number of carbonyl (C=O) groups excluding carboxylic acids is 3. The van der Waals surface area contributed by atoms with Crippen LogP contribution in [0.5, 0.6) is 0 Å². The highest BCUT2D eigenvalue weighted by Gasteiger charge is 2.33. The summed E-state index contributed by atoms with van der Waals surface area (Å²) < 4.78 is 0. The zero-order valence-electron chi connectivity index (χ0n) is 30.4. The Kier molecular flexibility index (Phi) is 13.6. The highest BCUT2D eigenvalue weighted by molar-refractivity contribution is 5.93. The van der Waals surface area contributed by atoms with Crippen molar-refractivity contribution in [3.63, 3.8) is 0 Å². The van der Waals surface area contributed by atoms with Gasteiger partial charge < -0.3 is 49.1 Å². The van der Waals surface area contributed by atoms with Gasteiger partial charge in [0.05, 0.1) is 12.1 Å². The molecular weight excluding hydrogens is 608 g/mol. The molecule has 0 radical (unpaired) electrons. The summed E-state index contributed by atoms with van der Waals surface area (Å²) in [6.07, 6.45) is 2.43. The number of aliphatic imine (C=N–C) groups is 2. The standard InChI is InChI=1S/C35H60N10O3/c1-33(2,3)20-16-22-23(28(35(7,8)9)45-27(22)24(17-20)34(4,5)6)18-26(44-29(47)25(36)13-11-15-42-32(39)40)30(48)43-21(19-46)12-10-14-41-31(37)38/h16-17,19,21,25-26,45H,10-15,18,36H2,1-9H3,(H,43,48)(H,44,47)(H4,37,38,41)(H4,39,40,42)/t21-,25-,26-/m0/s1. The molecular formula is C35H60N10O3. The molecule has 0 unspecified atom stereocenters. The first-order valence-corrected chi connectivity index (χ1v) is 16.7. The molecule has 0 spiro atoms. The third kappa shape index (κ3) is 11.5. The monoisotopic (exact) mass is 668 g/mol. The second-order valence-corrected chi connectivity index (χ2v) is 15.7. The Bertz CT molecular complexity index is 1480. The molecule has 0 bridgehead atoms. The van der Waals surface area contributed by atoms with Crippen LogP contribution in [-0.2, 0) is 37.0 Å². The summed E-state index contributed by atoms with van der Waals surface area (Å²) in [7, 11) is 0. The summed E-state index contributed by atoms with van der Waals surface area (Å²) in [5, 5.41) is 6.72. The van der Waals surface area contributed by atoms with Gasteiger partial charge in [-0.25, -0.2) is 0 Å². The van der Waals surface area contributed by atoms with Crippen molar-refractivity contribution in [2.45, 2.75) is 129 Å². The molecule has 1 heterocycles. The van der Waals surface area contributed by atoms with Crippen LogP contribution in [0.15, 0.2) is 22.1 Å². The number of guanidine groups is 2. The number of benzene rings is 1. The highest BCUT2D eigenvalue weighted by atomic mass is 16.2. The third-order valence-electron chi connectivity index (χ3n) is 8.24. The molecule has 1 aromatic heterocycles. The van der Waals surface area contributed by atoms with Crippen molar-refractivity contribution >= 4 is 40.9 Å². The summed E-state index contributed by atoms with van der Waals surface area (Å²) in [4.78, 5) is 51.1. The van der Waals surface area contributed by atoms with E-state index in [0.717, 1.165) is 33.3 Å². The van der Waals surface area contributed by atoms with E-state index in [1.807, 2.05) is 0 Å². The minimum absolute atomic E-state index is 0.0367. The molecule has 48 heavy (non-hydrogen) atoms. The van der Waals surface area contributed by atoms with Crippen molar-refractivity contribution in [1.82, 2.24) is 15.6 Å². The number of hydrogen-bond acceptors (Lipinski definition) is 6. The average molecular weight is 669 g/mol. The Hall–Kier alpha value is -4.13. The maximum atomic E-state index is 14.0. The number of aromatic amines is 1. The van der Waals surface area contributed by atoms with Crippen LogP contribution in [0.3, 0.4) is 0 Å². The van der Waals surface area contributed by atoms with E-state index in [1.165, 1.54) is 0 Å². The van der Waals surface area contributed by atoms with Gasteiger partial charge in [0.2, 0.25) is 11.8 Å². The molecule has 2 amide bonds. The van der Waals surface area contributed by atoms with Gasteiger partial charge in [-0.15, -0.1) is 0 Å². The van der Waals surface area contributed by atoms with Crippen molar-refractivity contribution < 1.29 is 14.4 Å². The second-order valence-electron chi connectivity index (χ2n) is 15.7. The maximum Gasteiger partial charge on any atom is 0.243 e. The quantitative estimate of drug-likeness (QED) is 0.0603. The minimum atomic E-state index is -1.03. The first-order chi connectivity index (χ1) is 22.1. The molecule has 268 valence electrons. The molecule has 0 aliphatic rings. The Labute approximate surface area is 285 Å². The number of rotatable bonds is 15. The lowest BCUT2D eigenvalue weighted by atomic mass is 9.78. The zero-order valence-corrected chi connectivity index (χ0v) is 30.4. The summed E-state index contributed by atoms with van der Waals surface area (Å²) in [5.74, 6) is -1.06. The van der Waals surface area contributed by atoms with E-state index >= 15 is 0 Å². The molecule has 0 saturated heterocycles. The number of fused-ring (bicyclic) bond motifs is 1. The van der Waals surface area contributed by atoms with Gasteiger partial charge in [0.1, 0.15) is 12.3 Å². The lowest BCUT2D eigenvalue weighted by Gasteiger charge is -2.26. The summed E-state index contributed by atoms with van der Waals surface area (Å²) in [6, 6.07) is 1.72. The van der Waals surface area contributed by atoms with Gasteiger partial charge in [-0.3, -0.25) is 19.6 Å². The predicted octanol–water partition coefficient (Wildman–Crippen LogP) is 2.21. The second kappa shape index (κ2) is 16.3. The minimum Gasteiger partial charge on any atom is -0.370 e. The van der Waals surface area contributed by atoms with Gasteiger partial charge in [0, 0.05) is 41.5 Å². The van der Waals surface area contributed by atoms with Crippen LogP contribution >= 0.6 is 0 Å². The summed E-state index contributed by atoms with van der Waals surface area (Å²) in [6.45, 7) is 20.1. The van der Waals surface area contributed by atoms with Crippen LogP contribution in [0.4, 0.5) is 0 Å². The van der Waals surface area contributed by atoms with Gasteiger partial charge in [-0.2, -0.15) is 0 Å². The van der Waals surface area contributed by atoms with Crippen molar-refractivity contribution in [2.75, 3.05) is 13.1 Å². The van der Waals surface area contributed by atoms with Crippen LogP contribution in [0.2, 0.25) is 0 Å². The van der Waals surface area contributed by atoms with Crippen LogP contribution in [0, 0.1) is 0 Å². The zero-order chi connectivity index (χ0) is 36.6. The number of nitrogens with one attached hydrogen (secondary N) is 3. The van der Waals surface area contributed by atoms with Crippen molar-refractivity contribution in [3.8, 4) is 0 Å². The fraction of sp³-hybridized carbons (Fsp3) is 0.629.